The zero-order chi connectivity index (χ0) is 33.7. The smallest absolute Gasteiger partial charge is 0.145 e. The van der Waals surface area contributed by atoms with Crippen LogP contribution in [0, 0.1) is 0 Å². The maximum Gasteiger partial charge on any atom is 0.145 e. The number of rotatable bonds is 6. The minimum atomic E-state index is 0.869. The molecule has 8 aromatic carbocycles. The van der Waals surface area contributed by atoms with Crippen LogP contribution in [0.4, 0.5) is 17.1 Å². The fourth-order valence-electron chi connectivity index (χ4n) is 7.68. The zero-order valence-electron chi connectivity index (χ0n) is 27.8. The summed E-state index contributed by atoms with van der Waals surface area (Å²) in [7, 11) is 0. The van der Waals surface area contributed by atoms with Crippen LogP contribution >= 0.6 is 0 Å². The first-order valence-corrected chi connectivity index (χ1v) is 17.4. The van der Waals surface area contributed by atoms with E-state index in [1.54, 1.807) is 0 Å². The summed E-state index contributed by atoms with van der Waals surface area (Å²) in [6.07, 6.45) is 0. The van der Waals surface area contributed by atoms with Crippen LogP contribution < -0.4 is 4.90 Å². The Labute approximate surface area is 295 Å². The summed E-state index contributed by atoms with van der Waals surface area (Å²) in [5, 5.41) is 4.61. The number of anilines is 3. The summed E-state index contributed by atoms with van der Waals surface area (Å²) in [6.45, 7) is 0. The van der Waals surface area contributed by atoms with E-state index in [9.17, 15) is 0 Å². The van der Waals surface area contributed by atoms with Crippen LogP contribution in [-0.2, 0) is 0 Å². The van der Waals surface area contributed by atoms with Gasteiger partial charge in [0.05, 0.1) is 22.1 Å². The Morgan fingerprint density at radius 1 is 0.412 bits per heavy atom. The number of hydrogen-bond acceptors (Lipinski definition) is 2. The second-order valence-corrected chi connectivity index (χ2v) is 12.9. The van der Waals surface area contributed by atoms with Crippen molar-refractivity contribution < 1.29 is 4.42 Å². The number of aromatic nitrogens is 1. The van der Waals surface area contributed by atoms with Crippen molar-refractivity contribution in [2.45, 2.75) is 0 Å². The molecule has 10 rings (SSSR count). The Morgan fingerprint density at radius 2 is 1.06 bits per heavy atom. The van der Waals surface area contributed by atoms with Gasteiger partial charge in [0.25, 0.3) is 0 Å². The monoisotopic (exact) mass is 652 g/mol. The van der Waals surface area contributed by atoms with Gasteiger partial charge in [-0.05, 0) is 89.5 Å². The molecule has 0 fully saturated rings. The molecule has 0 amide bonds. The van der Waals surface area contributed by atoms with Gasteiger partial charge in [0.15, 0.2) is 0 Å². The van der Waals surface area contributed by atoms with Crippen molar-refractivity contribution in [3.8, 4) is 27.9 Å². The van der Waals surface area contributed by atoms with E-state index in [1.165, 1.54) is 32.9 Å². The normalized spacial score (nSPS) is 11.5. The summed E-state index contributed by atoms with van der Waals surface area (Å²) in [4.78, 5) is 2.36. The van der Waals surface area contributed by atoms with Crippen LogP contribution in [0.3, 0.4) is 0 Å². The molecule has 0 aliphatic heterocycles. The Balaban J connectivity index is 1.21. The van der Waals surface area contributed by atoms with Gasteiger partial charge in [-0.1, -0.05) is 121 Å². The molecule has 0 atom stereocenters. The predicted molar refractivity (Wildman–Crippen MR) is 214 cm³/mol. The minimum Gasteiger partial charge on any atom is -0.455 e. The van der Waals surface area contributed by atoms with Crippen molar-refractivity contribution in [3.05, 3.63) is 194 Å². The van der Waals surface area contributed by atoms with Gasteiger partial charge in [-0.25, -0.2) is 0 Å². The minimum absolute atomic E-state index is 0.869. The van der Waals surface area contributed by atoms with E-state index in [-0.39, 0.29) is 0 Å². The average Bonchev–Trinajstić information content (AvgIpc) is 3.76. The molecule has 0 aliphatic rings. The van der Waals surface area contributed by atoms with Gasteiger partial charge in [-0.2, -0.15) is 0 Å². The predicted octanol–water partition coefficient (Wildman–Crippen LogP) is 13.5. The van der Waals surface area contributed by atoms with Gasteiger partial charge < -0.3 is 13.9 Å². The van der Waals surface area contributed by atoms with Gasteiger partial charge in [0.1, 0.15) is 11.2 Å². The molecule has 3 nitrogen and oxygen atoms in total. The molecule has 51 heavy (non-hydrogen) atoms. The molecular formula is C48H32N2O. The van der Waals surface area contributed by atoms with Crippen LogP contribution in [0.15, 0.2) is 199 Å². The van der Waals surface area contributed by atoms with Gasteiger partial charge in [-0.3, -0.25) is 0 Å². The van der Waals surface area contributed by atoms with Crippen molar-refractivity contribution in [1.82, 2.24) is 4.57 Å². The van der Waals surface area contributed by atoms with Gasteiger partial charge in [-0.15, -0.1) is 0 Å². The Bertz CT molecular complexity index is 2850. The lowest BCUT2D eigenvalue weighted by Crippen LogP contribution is -2.10. The van der Waals surface area contributed by atoms with E-state index in [1.807, 2.05) is 6.07 Å². The second-order valence-electron chi connectivity index (χ2n) is 12.9. The number of hydrogen-bond donors (Lipinski definition) is 0. The van der Waals surface area contributed by atoms with Crippen molar-refractivity contribution in [3.63, 3.8) is 0 Å². The first kappa shape index (κ1) is 29.1. The van der Waals surface area contributed by atoms with E-state index in [2.05, 4.69) is 198 Å². The molecule has 0 radical (unpaired) electrons. The molecule has 0 saturated carbocycles. The number of para-hydroxylation sites is 4. The van der Waals surface area contributed by atoms with Crippen molar-refractivity contribution in [1.29, 1.82) is 0 Å². The zero-order valence-corrected chi connectivity index (χ0v) is 27.8. The third-order valence-electron chi connectivity index (χ3n) is 9.97. The van der Waals surface area contributed by atoms with Crippen LogP contribution in [0.5, 0.6) is 0 Å². The number of furan rings is 1. The first-order valence-electron chi connectivity index (χ1n) is 17.4. The van der Waals surface area contributed by atoms with Crippen LogP contribution in [0.25, 0.3) is 71.7 Å². The summed E-state index contributed by atoms with van der Waals surface area (Å²) in [5.41, 5.74) is 13.0. The molecule has 0 spiro atoms. The first-order chi connectivity index (χ1) is 25.3. The summed E-state index contributed by atoms with van der Waals surface area (Å²) < 4.78 is 9.19. The lowest BCUT2D eigenvalue weighted by molar-refractivity contribution is 0.670. The molecular weight excluding hydrogens is 621 g/mol. The molecule has 0 bridgehead atoms. The van der Waals surface area contributed by atoms with Gasteiger partial charge >= 0.3 is 0 Å². The van der Waals surface area contributed by atoms with E-state index >= 15 is 0 Å². The van der Waals surface area contributed by atoms with Crippen LogP contribution in [0.1, 0.15) is 0 Å². The topological polar surface area (TPSA) is 21.3 Å². The fraction of sp³-hybridized carbons (Fsp3) is 0. The standard InChI is InChI=1S/C48H32N2O/c1-4-15-33(16-5-1)34-17-14-22-38(31-34)49(36-18-6-2-7-19-36)45-30-28-39(48-47(45)41-24-11-13-26-46(41)51-48)35-27-29-44-42(32-35)40-23-10-12-25-43(40)50(44)37-20-8-3-9-21-37/h1-32H. The van der Waals surface area contributed by atoms with E-state index in [0.29, 0.717) is 0 Å². The maximum absolute atomic E-state index is 6.84. The molecule has 0 aliphatic carbocycles. The average molecular weight is 653 g/mol. The van der Waals surface area contributed by atoms with Crippen LogP contribution in [-0.4, -0.2) is 4.57 Å². The highest BCUT2D eigenvalue weighted by Crippen LogP contribution is 2.47. The van der Waals surface area contributed by atoms with Crippen LogP contribution in [0.2, 0.25) is 0 Å². The highest BCUT2D eigenvalue weighted by Gasteiger charge is 2.23. The SMILES string of the molecule is c1ccc(-c2cccc(N(c3ccccc3)c3ccc(-c4ccc5c(c4)c4ccccc4n5-c4ccccc4)c4oc5ccccc5c34)c2)cc1. The molecule has 2 heterocycles. The van der Waals surface area contributed by atoms with Gasteiger partial charge in [0, 0.05) is 38.8 Å². The van der Waals surface area contributed by atoms with Crippen molar-refractivity contribution in [2.75, 3.05) is 4.90 Å². The fourth-order valence-corrected chi connectivity index (χ4v) is 7.68. The number of fused-ring (bicyclic) bond motifs is 6. The molecule has 0 saturated heterocycles. The lowest BCUT2D eigenvalue weighted by Gasteiger charge is -2.27. The molecule has 240 valence electrons. The molecule has 0 N–H and O–H groups in total. The van der Waals surface area contributed by atoms with E-state index in [4.69, 9.17) is 4.42 Å². The molecule has 3 heteroatoms. The quantitative estimate of drug-likeness (QED) is 0.178. The number of benzene rings is 8. The Morgan fingerprint density at radius 3 is 1.88 bits per heavy atom. The second kappa shape index (κ2) is 11.9. The third kappa shape index (κ3) is 4.82. The Kier molecular flexibility index (Phi) is 6.81. The van der Waals surface area contributed by atoms with E-state index < -0.39 is 0 Å². The maximum atomic E-state index is 6.84. The summed E-state index contributed by atoms with van der Waals surface area (Å²) in [5.74, 6) is 0. The van der Waals surface area contributed by atoms with Crippen molar-refractivity contribution in [2.24, 2.45) is 0 Å². The number of nitrogens with zero attached hydrogens (tertiary/aromatic N) is 2. The summed E-state index contributed by atoms with van der Waals surface area (Å²) >= 11 is 0. The van der Waals surface area contributed by atoms with Gasteiger partial charge in [0.2, 0.25) is 0 Å². The highest BCUT2D eigenvalue weighted by atomic mass is 16.3. The lowest BCUT2D eigenvalue weighted by atomic mass is 9.98. The molecule has 0 unspecified atom stereocenters. The third-order valence-corrected chi connectivity index (χ3v) is 9.97. The van der Waals surface area contributed by atoms with Crippen molar-refractivity contribution >= 4 is 60.8 Å². The Hall–Kier alpha value is -6.84. The summed E-state index contributed by atoms with van der Waals surface area (Å²) in [6, 6.07) is 69.0. The highest BCUT2D eigenvalue weighted by molar-refractivity contribution is 6.18. The molecule has 2 aromatic heterocycles. The van der Waals surface area contributed by atoms with E-state index in [0.717, 1.165) is 55.8 Å². The molecule has 10 aromatic rings. The largest absolute Gasteiger partial charge is 0.455 e.